The molecule has 0 aliphatic carbocycles. The topological polar surface area (TPSA) is 39.1 Å². The van der Waals surface area contributed by atoms with E-state index in [0.29, 0.717) is 0 Å². The molecule has 2 rings (SSSR count). The Morgan fingerprint density at radius 3 is 2.42 bits per heavy atom. The van der Waals surface area contributed by atoms with Crippen LogP contribution in [0.25, 0.3) is 0 Å². The fourth-order valence-electron chi connectivity index (χ4n) is 2.71. The fraction of sp³-hybridized carbons (Fsp3) is 0.562. The van der Waals surface area contributed by atoms with Gasteiger partial charge in [-0.2, -0.15) is 5.26 Å². The summed E-state index contributed by atoms with van der Waals surface area (Å²) < 4.78 is 0. The number of rotatable bonds is 5. The van der Waals surface area contributed by atoms with E-state index in [2.05, 4.69) is 40.6 Å². The third kappa shape index (κ3) is 4.05. The SMILES string of the molecule is CCNC(C#N)CCN1CCc2ccccc2CC1. The van der Waals surface area contributed by atoms with E-state index in [1.54, 1.807) is 0 Å². The van der Waals surface area contributed by atoms with Crippen molar-refractivity contribution in [1.82, 2.24) is 10.2 Å². The van der Waals surface area contributed by atoms with Gasteiger partial charge in [0.25, 0.3) is 0 Å². The van der Waals surface area contributed by atoms with Gasteiger partial charge in [-0.3, -0.25) is 0 Å². The lowest BCUT2D eigenvalue weighted by molar-refractivity contribution is 0.276. The zero-order chi connectivity index (χ0) is 13.5. The lowest BCUT2D eigenvalue weighted by Crippen LogP contribution is -2.34. The molecule has 0 amide bonds. The normalized spacial score (nSPS) is 17.3. The van der Waals surface area contributed by atoms with Crippen LogP contribution in [0.5, 0.6) is 0 Å². The molecule has 0 saturated heterocycles. The standard InChI is InChI=1S/C16H23N3/c1-2-18-16(13-17)9-12-19-10-7-14-5-3-4-6-15(14)8-11-19/h3-6,16,18H,2,7-12H2,1H3. The molecule has 102 valence electrons. The van der Waals surface area contributed by atoms with Gasteiger partial charge in [-0.25, -0.2) is 0 Å². The Kier molecular flexibility index (Phi) is 5.38. The van der Waals surface area contributed by atoms with Gasteiger partial charge in [0.15, 0.2) is 0 Å². The largest absolute Gasteiger partial charge is 0.303 e. The summed E-state index contributed by atoms with van der Waals surface area (Å²) >= 11 is 0. The Hall–Kier alpha value is -1.37. The monoisotopic (exact) mass is 257 g/mol. The molecule has 1 unspecified atom stereocenters. The van der Waals surface area contributed by atoms with Gasteiger partial charge in [-0.15, -0.1) is 0 Å². The number of nitrogens with zero attached hydrogens (tertiary/aromatic N) is 2. The number of nitriles is 1. The van der Waals surface area contributed by atoms with Crippen molar-refractivity contribution in [2.24, 2.45) is 0 Å². The van der Waals surface area contributed by atoms with Crippen molar-refractivity contribution in [3.05, 3.63) is 35.4 Å². The van der Waals surface area contributed by atoms with Crippen molar-refractivity contribution >= 4 is 0 Å². The predicted molar refractivity (Wildman–Crippen MR) is 78.0 cm³/mol. The van der Waals surface area contributed by atoms with Gasteiger partial charge in [0.1, 0.15) is 0 Å². The third-order valence-corrected chi connectivity index (χ3v) is 3.85. The van der Waals surface area contributed by atoms with Gasteiger partial charge in [0.05, 0.1) is 12.1 Å². The Balaban J connectivity index is 1.83. The smallest absolute Gasteiger partial charge is 0.0965 e. The molecule has 0 spiro atoms. The number of hydrogen-bond donors (Lipinski definition) is 1. The average molecular weight is 257 g/mol. The summed E-state index contributed by atoms with van der Waals surface area (Å²) in [7, 11) is 0. The summed E-state index contributed by atoms with van der Waals surface area (Å²) in [5.41, 5.74) is 2.99. The van der Waals surface area contributed by atoms with E-state index in [9.17, 15) is 0 Å². The first-order valence-corrected chi connectivity index (χ1v) is 7.25. The van der Waals surface area contributed by atoms with Crippen molar-refractivity contribution < 1.29 is 0 Å². The zero-order valence-electron chi connectivity index (χ0n) is 11.7. The molecule has 3 nitrogen and oxygen atoms in total. The van der Waals surface area contributed by atoms with Gasteiger partial charge in [-0.05, 0) is 36.9 Å². The van der Waals surface area contributed by atoms with Gasteiger partial charge in [-0.1, -0.05) is 31.2 Å². The quantitative estimate of drug-likeness (QED) is 0.876. The molecule has 3 heteroatoms. The molecule has 0 bridgehead atoms. The molecule has 1 aromatic carbocycles. The fourth-order valence-corrected chi connectivity index (χ4v) is 2.71. The number of nitrogens with one attached hydrogen (secondary N) is 1. The first kappa shape index (κ1) is 14.0. The van der Waals surface area contributed by atoms with Crippen LogP contribution in [0.2, 0.25) is 0 Å². The molecule has 1 aliphatic heterocycles. The highest BCUT2D eigenvalue weighted by Gasteiger charge is 2.14. The summed E-state index contributed by atoms with van der Waals surface area (Å²) in [6.45, 7) is 6.15. The van der Waals surface area contributed by atoms with Crippen LogP contribution in [0.4, 0.5) is 0 Å². The van der Waals surface area contributed by atoms with Gasteiger partial charge < -0.3 is 10.2 Å². The molecule has 19 heavy (non-hydrogen) atoms. The molecule has 1 atom stereocenters. The maximum atomic E-state index is 9.05. The number of benzene rings is 1. The average Bonchev–Trinajstić information content (AvgIpc) is 2.66. The van der Waals surface area contributed by atoms with Crippen LogP contribution in [0.15, 0.2) is 24.3 Å². The van der Waals surface area contributed by atoms with Crippen LogP contribution in [0, 0.1) is 11.3 Å². The second kappa shape index (κ2) is 7.28. The van der Waals surface area contributed by atoms with E-state index in [1.807, 2.05) is 6.92 Å². The van der Waals surface area contributed by atoms with Gasteiger partial charge in [0.2, 0.25) is 0 Å². The molecule has 1 heterocycles. The highest BCUT2D eigenvalue weighted by Crippen LogP contribution is 2.15. The molecule has 0 saturated carbocycles. The molecule has 1 aromatic rings. The van der Waals surface area contributed by atoms with Crippen LogP contribution >= 0.6 is 0 Å². The van der Waals surface area contributed by atoms with E-state index in [1.165, 1.54) is 11.1 Å². The van der Waals surface area contributed by atoms with Crippen LogP contribution in [0.3, 0.4) is 0 Å². The minimum atomic E-state index is -0.00405. The van der Waals surface area contributed by atoms with Crippen molar-refractivity contribution in [3.8, 4) is 6.07 Å². The number of hydrogen-bond acceptors (Lipinski definition) is 3. The molecular formula is C16H23N3. The van der Waals surface area contributed by atoms with Crippen molar-refractivity contribution in [1.29, 1.82) is 5.26 Å². The number of fused-ring (bicyclic) bond motifs is 1. The minimum absolute atomic E-state index is 0.00405. The van der Waals surface area contributed by atoms with Crippen molar-refractivity contribution in [2.75, 3.05) is 26.2 Å². The molecule has 0 aromatic heterocycles. The second-order valence-electron chi connectivity index (χ2n) is 5.14. The third-order valence-electron chi connectivity index (χ3n) is 3.85. The highest BCUT2D eigenvalue weighted by molar-refractivity contribution is 5.28. The predicted octanol–water partition coefficient (Wildman–Crippen LogP) is 1.98. The first-order chi connectivity index (χ1) is 9.33. The molecule has 1 aliphatic rings. The molecular weight excluding hydrogens is 234 g/mol. The molecule has 0 radical (unpaired) electrons. The van der Waals surface area contributed by atoms with E-state index in [-0.39, 0.29) is 6.04 Å². The van der Waals surface area contributed by atoms with E-state index in [4.69, 9.17) is 5.26 Å². The molecule has 0 fully saturated rings. The first-order valence-electron chi connectivity index (χ1n) is 7.25. The summed E-state index contributed by atoms with van der Waals surface area (Å²) in [5.74, 6) is 0. The maximum Gasteiger partial charge on any atom is 0.0965 e. The summed E-state index contributed by atoms with van der Waals surface area (Å²) in [4.78, 5) is 2.49. The lowest BCUT2D eigenvalue weighted by atomic mass is 10.0. The van der Waals surface area contributed by atoms with Crippen molar-refractivity contribution in [3.63, 3.8) is 0 Å². The van der Waals surface area contributed by atoms with E-state index >= 15 is 0 Å². The van der Waals surface area contributed by atoms with E-state index < -0.39 is 0 Å². The van der Waals surface area contributed by atoms with E-state index in [0.717, 1.165) is 45.4 Å². The summed E-state index contributed by atoms with van der Waals surface area (Å²) in [6.07, 6.45) is 3.18. The van der Waals surface area contributed by atoms with Gasteiger partial charge in [0, 0.05) is 19.6 Å². The Morgan fingerprint density at radius 1 is 1.26 bits per heavy atom. The van der Waals surface area contributed by atoms with Crippen LogP contribution in [0.1, 0.15) is 24.5 Å². The van der Waals surface area contributed by atoms with Crippen molar-refractivity contribution in [2.45, 2.75) is 32.2 Å². The zero-order valence-corrected chi connectivity index (χ0v) is 11.7. The van der Waals surface area contributed by atoms with Crippen LogP contribution in [-0.2, 0) is 12.8 Å². The summed E-state index contributed by atoms with van der Waals surface area (Å²) in [6, 6.07) is 11.1. The lowest BCUT2D eigenvalue weighted by Gasteiger charge is -2.21. The highest BCUT2D eigenvalue weighted by atomic mass is 15.1. The Labute approximate surface area is 116 Å². The Morgan fingerprint density at radius 2 is 1.89 bits per heavy atom. The van der Waals surface area contributed by atoms with Gasteiger partial charge >= 0.3 is 0 Å². The summed E-state index contributed by atoms with van der Waals surface area (Å²) in [5, 5.41) is 12.3. The maximum absolute atomic E-state index is 9.05. The Bertz CT molecular complexity index is 409. The minimum Gasteiger partial charge on any atom is -0.303 e. The van der Waals surface area contributed by atoms with Crippen LogP contribution < -0.4 is 5.32 Å². The second-order valence-corrected chi connectivity index (χ2v) is 5.14. The van der Waals surface area contributed by atoms with Crippen LogP contribution in [-0.4, -0.2) is 37.1 Å². The molecule has 1 N–H and O–H groups in total.